The second-order valence-corrected chi connectivity index (χ2v) is 3.14. The molecule has 1 rings (SSSR count). The Morgan fingerprint density at radius 2 is 2.15 bits per heavy atom. The number of aromatic nitrogens is 1. The van der Waals surface area contributed by atoms with Gasteiger partial charge in [-0.2, -0.15) is 0 Å². The van der Waals surface area contributed by atoms with Gasteiger partial charge in [0.05, 0.1) is 11.1 Å². The molecule has 2 N–H and O–H groups in total. The molecule has 1 heterocycles. The minimum atomic E-state index is -2.72. The van der Waals surface area contributed by atoms with Gasteiger partial charge in [0.15, 0.2) is 5.75 Å². The lowest BCUT2D eigenvalue weighted by Gasteiger charge is -2.05. The zero-order valence-electron chi connectivity index (χ0n) is 6.34. The van der Waals surface area contributed by atoms with Gasteiger partial charge in [-0.05, 0) is 22.0 Å². The Hall–Kier alpha value is -0.750. The van der Waals surface area contributed by atoms with E-state index in [0.29, 0.717) is 0 Å². The maximum atomic E-state index is 12.1. The van der Waals surface area contributed by atoms with Crippen molar-refractivity contribution in [1.29, 1.82) is 0 Å². The minimum Gasteiger partial charge on any atom is -0.505 e. The summed E-state index contributed by atoms with van der Waals surface area (Å²) in [6.07, 6.45) is -2.72. The molecule has 0 aliphatic rings. The van der Waals surface area contributed by atoms with Gasteiger partial charge >= 0.3 is 0 Å². The van der Waals surface area contributed by atoms with Gasteiger partial charge in [0.2, 0.25) is 0 Å². The molecule has 0 saturated carbocycles. The van der Waals surface area contributed by atoms with Crippen molar-refractivity contribution in [1.82, 2.24) is 4.98 Å². The van der Waals surface area contributed by atoms with E-state index < -0.39 is 18.7 Å². The van der Waals surface area contributed by atoms with Gasteiger partial charge in [-0.25, -0.2) is 13.8 Å². The predicted molar refractivity (Wildman–Crippen MR) is 44.5 cm³/mol. The van der Waals surface area contributed by atoms with Crippen molar-refractivity contribution in [3.63, 3.8) is 0 Å². The van der Waals surface area contributed by atoms with Crippen LogP contribution >= 0.6 is 15.9 Å². The first-order valence-corrected chi connectivity index (χ1v) is 4.13. The number of pyridine rings is 1. The molecule has 72 valence electrons. The number of rotatable bonds is 2. The highest BCUT2D eigenvalue weighted by atomic mass is 79.9. The average molecular weight is 254 g/mol. The van der Waals surface area contributed by atoms with Crippen LogP contribution in [-0.2, 0) is 6.61 Å². The first-order chi connectivity index (χ1) is 6.06. The molecule has 0 unspecified atom stereocenters. The first-order valence-electron chi connectivity index (χ1n) is 3.33. The lowest BCUT2D eigenvalue weighted by atomic mass is 10.3. The monoisotopic (exact) mass is 253 g/mol. The smallest absolute Gasteiger partial charge is 0.280 e. The Kier molecular flexibility index (Phi) is 3.16. The summed E-state index contributed by atoms with van der Waals surface area (Å²) in [4.78, 5) is 3.37. The Balaban J connectivity index is 3.22. The normalized spacial score (nSPS) is 10.8. The Labute approximate surface area is 81.2 Å². The van der Waals surface area contributed by atoms with E-state index in [-0.39, 0.29) is 15.9 Å². The number of halogens is 3. The largest absolute Gasteiger partial charge is 0.505 e. The van der Waals surface area contributed by atoms with Crippen molar-refractivity contribution in [3.05, 3.63) is 21.9 Å². The molecule has 0 spiro atoms. The summed E-state index contributed by atoms with van der Waals surface area (Å²) in [5.74, 6) is -0.313. The Morgan fingerprint density at radius 3 is 2.62 bits per heavy atom. The molecule has 0 fully saturated rings. The average Bonchev–Trinajstić information content (AvgIpc) is 2.09. The van der Waals surface area contributed by atoms with Gasteiger partial charge in [-0.1, -0.05) is 0 Å². The zero-order chi connectivity index (χ0) is 10.0. The first kappa shape index (κ1) is 10.3. The van der Waals surface area contributed by atoms with Gasteiger partial charge < -0.3 is 10.2 Å². The number of hydrogen-bond acceptors (Lipinski definition) is 3. The van der Waals surface area contributed by atoms with Gasteiger partial charge in [-0.3, -0.25) is 0 Å². The van der Waals surface area contributed by atoms with Crippen molar-refractivity contribution in [3.8, 4) is 5.75 Å². The number of hydrogen-bond donors (Lipinski definition) is 2. The molecule has 3 nitrogen and oxygen atoms in total. The van der Waals surface area contributed by atoms with Crippen LogP contribution in [0.1, 0.15) is 17.8 Å². The zero-order valence-corrected chi connectivity index (χ0v) is 7.92. The second kappa shape index (κ2) is 3.97. The van der Waals surface area contributed by atoms with E-state index in [4.69, 9.17) is 5.11 Å². The predicted octanol–water partition coefficient (Wildman–Crippen LogP) is 1.98. The van der Waals surface area contributed by atoms with Crippen LogP contribution < -0.4 is 0 Å². The Morgan fingerprint density at radius 1 is 1.54 bits per heavy atom. The third-order valence-corrected chi connectivity index (χ3v) is 2.02. The molecule has 1 aromatic rings. The van der Waals surface area contributed by atoms with Crippen LogP contribution in [0, 0.1) is 0 Å². The number of nitrogens with zero attached hydrogens (tertiary/aromatic N) is 1. The summed E-state index contributed by atoms with van der Waals surface area (Å²) in [6, 6.07) is 1.01. The molecule has 0 bridgehead atoms. The molecular weight excluding hydrogens is 248 g/mol. The molecule has 0 atom stereocenters. The summed E-state index contributed by atoms with van der Waals surface area (Å²) in [7, 11) is 0. The van der Waals surface area contributed by atoms with Crippen LogP contribution in [-0.4, -0.2) is 15.2 Å². The van der Waals surface area contributed by atoms with Crippen LogP contribution in [0.3, 0.4) is 0 Å². The lowest BCUT2D eigenvalue weighted by Crippen LogP contribution is -1.97. The third-order valence-electron chi connectivity index (χ3n) is 1.41. The highest BCUT2D eigenvalue weighted by Gasteiger charge is 2.15. The lowest BCUT2D eigenvalue weighted by molar-refractivity contribution is 0.144. The fourth-order valence-corrected chi connectivity index (χ4v) is 1.26. The molecule has 0 radical (unpaired) electrons. The third kappa shape index (κ3) is 2.13. The highest BCUT2D eigenvalue weighted by Crippen LogP contribution is 2.30. The molecule has 0 aromatic carbocycles. The van der Waals surface area contributed by atoms with E-state index in [1.165, 1.54) is 0 Å². The topological polar surface area (TPSA) is 53.4 Å². The number of aliphatic hydroxyl groups excluding tert-OH is 1. The summed E-state index contributed by atoms with van der Waals surface area (Å²) in [5.41, 5.74) is -0.640. The second-order valence-electron chi connectivity index (χ2n) is 2.28. The number of aromatic hydroxyl groups is 1. The van der Waals surface area contributed by atoms with Gasteiger partial charge in [0, 0.05) is 0 Å². The highest BCUT2D eigenvalue weighted by molar-refractivity contribution is 9.10. The van der Waals surface area contributed by atoms with Crippen molar-refractivity contribution < 1.29 is 19.0 Å². The fraction of sp³-hybridized carbons (Fsp3) is 0.286. The molecule has 1 aromatic heterocycles. The van der Waals surface area contributed by atoms with E-state index in [1.54, 1.807) is 0 Å². The van der Waals surface area contributed by atoms with E-state index in [0.717, 1.165) is 6.07 Å². The van der Waals surface area contributed by atoms with Crippen molar-refractivity contribution >= 4 is 15.9 Å². The molecule has 0 amide bonds. The Bertz CT molecular complexity index is 320. The van der Waals surface area contributed by atoms with Gasteiger partial charge in [-0.15, -0.1) is 0 Å². The summed E-state index contributed by atoms with van der Waals surface area (Å²) in [6.45, 7) is -0.578. The van der Waals surface area contributed by atoms with Crippen LogP contribution in [0.4, 0.5) is 8.78 Å². The molecular formula is C7H6BrF2NO2. The molecule has 0 aliphatic carbocycles. The van der Waals surface area contributed by atoms with Crippen LogP contribution in [0.5, 0.6) is 5.75 Å². The maximum Gasteiger partial charge on any atom is 0.280 e. The SMILES string of the molecule is OCc1nc(C(F)F)cc(Br)c1O. The molecule has 0 saturated heterocycles. The van der Waals surface area contributed by atoms with Crippen molar-refractivity contribution in [2.45, 2.75) is 13.0 Å². The number of aliphatic hydroxyl groups is 1. The van der Waals surface area contributed by atoms with E-state index in [2.05, 4.69) is 20.9 Å². The summed E-state index contributed by atoms with van der Waals surface area (Å²) in [5, 5.41) is 17.9. The van der Waals surface area contributed by atoms with Crippen LogP contribution in [0.25, 0.3) is 0 Å². The van der Waals surface area contributed by atoms with Gasteiger partial charge in [0.1, 0.15) is 11.4 Å². The standard InChI is InChI=1S/C7H6BrF2NO2/c8-3-1-4(7(9)10)11-5(2-12)6(3)13/h1,7,12-13H,2H2. The molecule has 0 aliphatic heterocycles. The maximum absolute atomic E-state index is 12.1. The summed E-state index contributed by atoms with van der Waals surface area (Å²) >= 11 is 2.87. The van der Waals surface area contributed by atoms with Crippen LogP contribution in [0.2, 0.25) is 0 Å². The minimum absolute atomic E-state index is 0.0989. The van der Waals surface area contributed by atoms with E-state index >= 15 is 0 Å². The fourth-order valence-electron chi connectivity index (χ4n) is 0.799. The van der Waals surface area contributed by atoms with Crippen LogP contribution in [0.15, 0.2) is 10.5 Å². The van der Waals surface area contributed by atoms with Crippen molar-refractivity contribution in [2.75, 3.05) is 0 Å². The quantitative estimate of drug-likeness (QED) is 0.848. The molecule has 6 heteroatoms. The summed E-state index contributed by atoms with van der Waals surface area (Å²) < 4.78 is 24.4. The number of alkyl halides is 2. The molecule has 13 heavy (non-hydrogen) atoms. The van der Waals surface area contributed by atoms with E-state index in [1.807, 2.05) is 0 Å². The van der Waals surface area contributed by atoms with E-state index in [9.17, 15) is 13.9 Å². The van der Waals surface area contributed by atoms with Crippen molar-refractivity contribution in [2.24, 2.45) is 0 Å². The van der Waals surface area contributed by atoms with Gasteiger partial charge in [0.25, 0.3) is 6.43 Å².